The molecule has 0 amide bonds. The molecule has 7 nitrogen and oxygen atoms in total. The largest absolute Gasteiger partial charge is 0.379 e. The Hall–Kier alpha value is -2.38. The van der Waals surface area contributed by atoms with Crippen molar-refractivity contribution in [3.63, 3.8) is 0 Å². The predicted octanol–water partition coefficient (Wildman–Crippen LogP) is 2.93. The number of aliphatic imine (C=N–C) groups is 1. The van der Waals surface area contributed by atoms with Crippen molar-refractivity contribution in [3.05, 3.63) is 48.3 Å². The lowest BCUT2D eigenvalue weighted by Gasteiger charge is -2.19. The first-order chi connectivity index (χ1) is 13.7. The van der Waals surface area contributed by atoms with Crippen LogP contribution in [0.1, 0.15) is 38.3 Å². The molecular weight excluding hydrogens is 354 g/mol. The van der Waals surface area contributed by atoms with Gasteiger partial charge in [-0.25, -0.2) is 4.68 Å². The highest BCUT2D eigenvalue weighted by Crippen LogP contribution is 2.16. The molecule has 1 aromatic heterocycles. The van der Waals surface area contributed by atoms with Crippen molar-refractivity contribution < 1.29 is 9.47 Å². The Morgan fingerprint density at radius 3 is 2.71 bits per heavy atom. The molecule has 2 rings (SSSR count). The van der Waals surface area contributed by atoms with E-state index in [1.54, 1.807) is 13.2 Å². The van der Waals surface area contributed by atoms with Crippen molar-refractivity contribution in [3.8, 4) is 5.69 Å². The summed E-state index contributed by atoms with van der Waals surface area (Å²) in [5.74, 6) is 0.750. The van der Waals surface area contributed by atoms with Crippen LogP contribution in [0.25, 0.3) is 5.69 Å². The standard InChI is InChI=1S/C21H33N5O2/c1-4-5-13-27-15-16-28-14-11-23-21(22-3)25-18(2)19-8-6-9-20(17-19)26-12-7-10-24-26/h6-10,12,17-18H,4-5,11,13-16H2,1-3H3,(H2,22,23,25). The van der Waals surface area contributed by atoms with Gasteiger partial charge in [0.25, 0.3) is 0 Å². The molecule has 0 aliphatic carbocycles. The number of rotatable bonds is 12. The monoisotopic (exact) mass is 387 g/mol. The Morgan fingerprint density at radius 2 is 2.00 bits per heavy atom. The van der Waals surface area contributed by atoms with Gasteiger partial charge in [-0.3, -0.25) is 4.99 Å². The third-order valence-corrected chi connectivity index (χ3v) is 4.27. The molecule has 0 fully saturated rings. The lowest BCUT2D eigenvalue weighted by Crippen LogP contribution is -2.40. The van der Waals surface area contributed by atoms with E-state index >= 15 is 0 Å². The molecule has 0 aliphatic heterocycles. The second-order valence-electron chi connectivity index (χ2n) is 6.49. The van der Waals surface area contributed by atoms with Crippen LogP contribution in [0.4, 0.5) is 0 Å². The number of guanidine groups is 1. The molecule has 1 heterocycles. The van der Waals surface area contributed by atoms with E-state index in [2.05, 4.69) is 46.7 Å². The van der Waals surface area contributed by atoms with Crippen molar-refractivity contribution in [2.24, 2.45) is 4.99 Å². The van der Waals surface area contributed by atoms with E-state index in [0.29, 0.717) is 26.4 Å². The van der Waals surface area contributed by atoms with Gasteiger partial charge in [0.15, 0.2) is 5.96 Å². The summed E-state index contributed by atoms with van der Waals surface area (Å²) in [6, 6.07) is 10.3. The van der Waals surface area contributed by atoms with E-state index in [0.717, 1.165) is 36.7 Å². The molecule has 2 N–H and O–H groups in total. The molecule has 2 aromatic rings. The zero-order chi connectivity index (χ0) is 20.0. The minimum atomic E-state index is 0.106. The minimum absolute atomic E-state index is 0.106. The van der Waals surface area contributed by atoms with E-state index < -0.39 is 0 Å². The molecule has 0 spiro atoms. The van der Waals surface area contributed by atoms with Crippen molar-refractivity contribution in [2.75, 3.05) is 40.0 Å². The zero-order valence-corrected chi connectivity index (χ0v) is 17.2. The van der Waals surface area contributed by atoms with Crippen LogP contribution in [0, 0.1) is 0 Å². The van der Waals surface area contributed by atoms with Gasteiger partial charge in [0.05, 0.1) is 31.5 Å². The first-order valence-electron chi connectivity index (χ1n) is 9.97. The van der Waals surface area contributed by atoms with E-state index in [1.165, 1.54) is 0 Å². The SMILES string of the molecule is CCCCOCCOCCNC(=NC)NC(C)c1cccc(-n2cccn2)c1. The summed E-state index contributed by atoms with van der Waals surface area (Å²) < 4.78 is 12.9. The van der Waals surface area contributed by atoms with E-state index in [4.69, 9.17) is 9.47 Å². The highest BCUT2D eigenvalue weighted by molar-refractivity contribution is 5.80. The van der Waals surface area contributed by atoms with Crippen molar-refractivity contribution in [1.29, 1.82) is 0 Å². The van der Waals surface area contributed by atoms with Gasteiger partial charge in [-0.15, -0.1) is 0 Å². The zero-order valence-electron chi connectivity index (χ0n) is 17.2. The lowest BCUT2D eigenvalue weighted by molar-refractivity contribution is 0.0487. The quantitative estimate of drug-likeness (QED) is 0.333. The van der Waals surface area contributed by atoms with Gasteiger partial charge in [0, 0.05) is 32.6 Å². The Balaban J connectivity index is 1.70. The fourth-order valence-corrected chi connectivity index (χ4v) is 2.65. The predicted molar refractivity (Wildman–Crippen MR) is 113 cm³/mol. The van der Waals surface area contributed by atoms with Crippen LogP contribution in [-0.2, 0) is 9.47 Å². The summed E-state index contributed by atoms with van der Waals surface area (Å²) in [7, 11) is 1.77. The average molecular weight is 388 g/mol. The third kappa shape index (κ3) is 7.70. The first-order valence-corrected chi connectivity index (χ1v) is 9.97. The molecule has 0 saturated heterocycles. The summed E-state index contributed by atoms with van der Waals surface area (Å²) in [6.45, 7) is 7.65. The number of hydrogen-bond donors (Lipinski definition) is 2. The van der Waals surface area contributed by atoms with Gasteiger partial charge in [0.2, 0.25) is 0 Å². The van der Waals surface area contributed by atoms with E-state index in [-0.39, 0.29) is 6.04 Å². The van der Waals surface area contributed by atoms with Crippen LogP contribution in [-0.4, -0.2) is 55.8 Å². The molecule has 0 saturated carbocycles. The second kappa shape index (κ2) is 12.9. The number of nitrogens with one attached hydrogen (secondary N) is 2. The number of benzene rings is 1. The highest BCUT2D eigenvalue weighted by Gasteiger charge is 2.09. The molecule has 1 atom stereocenters. The highest BCUT2D eigenvalue weighted by atomic mass is 16.5. The van der Waals surface area contributed by atoms with Crippen LogP contribution in [0.3, 0.4) is 0 Å². The smallest absolute Gasteiger partial charge is 0.191 e. The van der Waals surface area contributed by atoms with Crippen LogP contribution >= 0.6 is 0 Å². The number of unbranched alkanes of at least 4 members (excludes halogenated alkanes) is 1. The number of hydrogen-bond acceptors (Lipinski definition) is 4. The van der Waals surface area contributed by atoms with Crippen molar-refractivity contribution in [1.82, 2.24) is 20.4 Å². The van der Waals surface area contributed by atoms with Crippen molar-refractivity contribution in [2.45, 2.75) is 32.7 Å². The summed E-state index contributed by atoms with van der Waals surface area (Å²) in [6.07, 6.45) is 5.97. The molecule has 0 aliphatic rings. The maximum atomic E-state index is 5.58. The molecule has 0 bridgehead atoms. The average Bonchev–Trinajstić information content (AvgIpc) is 3.26. The van der Waals surface area contributed by atoms with Crippen LogP contribution < -0.4 is 10.6 Å². The maximum absolute atomic E-state index is 5.58. The van der Waals surface area contributed by atoms with Crippen LogP contribution in [0.2, 0.25) is 0 Å². The van der Waals surface area contributed by atoms with Gasteiger partial charge in [-0.1, -0.05) is 25.5 Å². The molecular formula is C21H33N5O2. The summed E-state index contributed by atoms with van der Waals surface area (Å²) in [4.78, 5) is 4.29. The normalized spacial score (nSPS) is 12.8. The van der Waals surface area contributed by atoms with Gasteiger partial charge in [-0.2, -0.15) is 5.10 Å². The first kappa shape index (κ1) is 21.9. The van der Waals surface area contributed by atoms with Gasteiger partial charge in [-0.05, 0) is 37.1 Å². The molecule has 154 valence electrons. The summed E-state index contributed by atoms with van der Waals surface area (Å²) in [5.41, 5.74) is 2.20. The molecule has 28 heavy (non-hydrogen) atoms. The lowest BCUT2D eigenvalue weighted by atomic mass is 10.1. The van der Waals surface area contributed by atoms with E-state index in [9.17, 15) is 0 Å². The Kier molecular flexibility index (Phi) is 10.1. The van der Waals surface area contributed by atoms with Gasteiger partial charge < -0.3 is 20.1 Å². The van der Waals surface area contributed by atoms with Gasteiger partial charge in [0.1, 0.15) is 0 Å². The Bertz CT molecular complexity index is 688. The minimum Gasteiger partial charge on any atom is -0.379 e. The fraction of sp³-hybridized carbons (Fsp3) is 0.524. The third-order valence-electron chi connectivity index (χ3n) is 4.27. The number of ether oxygens (including phenoxy) is 2. The Labute approximate surface area is 168 Å². The Morgan fingerprint density at radius 1 is 1.18 bits per heavy atom. The molecule has 0 radical (unpaired) electrons. The maximum Gasteiger partial charge on any atom is 0.191 e. The number of aromatic nitrogens is 2. The van der Waals surface area contributed by atoms with E-state index in [1.807, 2.05) is 29.1 Å². The van der Waals surface area contributed by atoms with Crippen LogP contribution in [0.5, 0.6) is 0 Å². The van der Waals surface area contributed by atoms with Crippen LogP contribution in [0.15, 0.2) is 47.7 Å². The molecule has 1 aromatic carbocycles. The molecule has 7 heteroatoms. The summed E-state index contributed by atoms with van der Waals surface area (Å²) in [5, 5.41) is 11.0. The molecule has 1 unspecified atom stereocenters. The van der Waals surface area contributed by atoms with Crippen molar-refractivity contribution >= 4 is 5.96 Å². The topological polar surface area (TPSA) is 72.7 Å². The fourth-order valence-electron chi connectivity index (χ4n) is 2.65. The second-order valence-corrected chi connectivity index (χ2v) is 6.49. The summed E-state index contributed by atoms with van der Waals surface area (Å²) >= 11 is 0. The number of nitrogens with zero attached hydrogens (tertiary/aromatic N) is 3. The van der Waals surface area contributed by atoms with Gasteiger partial charge >= 0.3 is 0 Å².